The van der Waals surface area contributed by atoms with E-state index in [0.29, 0.717) is 10.8 Å². The van der Waals surface area contributed by atoms with Crippen molar-refractivity contribution in [3.8, 4) is 11.5 Å². The molecule has 3 aromatic rings. The van der Waals surface area contributed by atoms with Crippen molar-refractivity contribution in [1.29, 1.82) is 0 Å². The highest BCUT2D eigenvalue weighted by Gasteiger charge is 2.07. The Kier molecular flexibility index (Phi) is 5.05. The Morgan fingerprint density at radius 3 is 2.72 bits per heavy atom. The number of carbonyl (C=O) groups is 1. The minimum atomic E-state index is -0.0391. The molecule has 0 radical (unpaired) electrons. The number of phenols is 1. The van der Waals surface area contributed by atoms with Gasteiger partial charge in [-0.05, 0) is 52.2 Å². The number of allylic oxidation sites excluding steroid dienone is 1. The molecule has 0 heterocycles. The molecule has 1 N–H and O–H groups in total. The number of benzene rings is 3. The van der Waals surface area contributed by atoms with Gasteiger partial charge in [-0.2, -0.15) is 0 Å². The molecular formula is C21H17ClO3. The zero-order valence-corrected chi connectivity index (χ0v) is 14.5. The SMILES string of the molecule is COc1ccc(/C=C/C(=O)Cc2cc(Cl)cc3ccccc23)cc1O. The van der Waals surface area contributed by atoms with Crippen molar-refractivity contribution in [2.75, 3.05) is 7.11 Å². The molecule has 4 heteroatoms. The van der Waals surface area contributed by atoms with Gasteiger partial charge in [0.2, 0.25) is 0 Å². The number of fused-ring (bicyclic) bond motifs is 1. The molecule has 3 rings (SSSR count). The van der Waals surface area contributed by atoms with E-state index in [4.69, 9.17) is 16.3 Å². The van der Waals surface area contributed by atoms with E-state index in [1.54, 1.807) is 24.3 Å². The Labute approximate surface area is 151 Å². The molecule has 0 aliphatic carbocycles. The molecule has 0 fully saturated rings. The summed E-state index contributed by atoms with van der Waals surface area (Å²) in [6.45, 7) is 0. The molecule has 126 valence electrons. The first kappa shape index (κ1) is 17.1. The third-order valence-electron chi connectivity index (χ3n) is 3.94. The molecule has 25 heavy (non-hydrogen) atoms. The molecule has 0 aliphatic heterocycles. The van der Waals surface area contributed by atoms with E-state index < -0.39 is 0 Å². The van der Waals surface area contributed by atoms with Crippen LogP contribution in [0.4, 0.5) is 0 Å². The molecular weight excluding hydrogens is 336 g/mol. The summed E-state index contributed by atoms with van der Waals surface area (Å²) in [6.07, 6.45) is 3.45. The number of methoxy groups -OCH3 is 1. The number of aromatic hydroxyl groups is 1. The Balaban J connectivity index is 1.80. The first-order valence-corrected chi connectivity index (χ1v) is 8.19. The van der Waals surface area contributed by atoms with Crippen LogP contribution in [0.3, 0.4) is 0 Å². The van der Waals surface area contributed by atoms with Crippen molar-refractivity contribution in [2.45, 2.75) is 6.42 Å². The maximum Gasteiger partial charge on any atom is 0.160 e. The van der Waals surface area contributed by atoms with Gasteiger partial charge >= 0.3 is 0 Å². The zero-order chi connectivity index (χ0) is 17.8. The normalized spacial score (nSPS) is 11.1. The van der Waals surface area contributed by atoms with Gasteiger partial charge < -0.3 is 9.84 Å². The summed E-state index contributed by atoms with van der Waals surface area (Å²) in [5.41, 5.74) is 1.62. The molecule has 0 saturated carbocycles. The van der Waals surface area contributed by atoms with Crippen LogP contribution in [0.1, 0.15) is 11.1 Å². The second-order valence-electron chi connectivity index (χ2n) is 5.69. The number of rotatable bonds is 5. The minimum Gasteiger partial charge on any atom is -0.504 e. The van der Waals surface area contributed by atoms with Crippen molar-refractivity contribution in [3.63, 3.8) is 0 Å². The molecule has 0 bridgehead atoms. The van der Waals surface area contributed by atoms with Crippen molar-refractivity contribution in [1.82, 2.24) is 0 Å². The second-order valence-corrected chi connectivity index (χ2v) is 6.13. The Morgan fingerprint density at radius 1 is 1.16 bits per heavy atom. The number of phenolic OH excluding ortho intramolecular Hbond substituents is 1. The van der Waals surface area contributed by atoms with Gasteiger partial charge in [-0.1, -0.05) is 48.0 Å². The lowest BCUT2D eigenvalue weighted by atomic mass is 10.00. The maximum absolute atomic E-state index is 12.3. The molecule has 3 aromatic carbocycles. The van der Waals surface area contributed by atoms with E-state index in [1.165, 1.54) is 13.2 Å². The first-order chi connectivity index (χ1) is 12.1. The largest absolute Gasteiger partial charge is 0.504 e. The van der Waals surface area contributed by atoms with Gasteiger partial charge in [-0.25, -0.2) is 0 Å². The molecule has 3 nitrogen and oxygen atoms in total. The van der Waals surface area contributed by atoms with Crippen LogP contribution in [-0.4, -0.2) is 18.0 Å². The number of ether oxygens (including phenoxy) is 1. The zero-order valence-electron chi connectivity index (χ0n) is 13.7. The van der Waals surface area contributed by atoms with Gasteiger partial charge in [0.25, 0.3) is 0 Å². The highest BCUT2D eigenvalue weighted by Crippen LogP contribution is 2.27. The fraction of sp³-hybridized carbons (Fsp3) is 0.0952. The third kappa shape index (κ3) is 4.01. The summed E-state index contributed by atoms with van der Waals surface area (Å²) >= 11 is 6.16. The van der Waals surface area contributed by atoms with Crippen LogP contribution in [0.5, 0.6) is 11.5 Å². The van der Waals surface area contributed by atoms with Crippen LogP contribution >= 0.6 is 11.6 Å². The van der Waals surface area contributed by atoms with Crippen molar-refractivity contribution in [3.05, 3.63) is 76.8 Å². The molecule has 0 aliphatic rings. The maximum atomic E-state index is 12.3. The fourth-order valence-electron chi connectivity index (χ4n) is 2.74. The van der Waals surface area contributed by atoms with Crippen LogP contribution in [0.2, 0.25) is 5.02 Å². The van der Waals surface area contributed by atoms with Crippen LogP contribution in [0.15, 0.2) is 60.7 Å². The van der Waals surface area contributed by atoms with Crippen LogP contribution in [0.25, 0.3) is 16.8 Å². The number of ketones is 1. The summed E-state index contributed by atoms with van der Waals surface area (Å²) in [5, 5.41) is 12.4. The second kappa shape index (κ2) is 7.41. The number of carbonyl (C=O) groups excluding carboxylic acids is 1. The highest BCUT2D eigenvalue weighted by atomic mass is 35.5. The first-order valence-electron chi connectivity index (χ1n) is 7.82. The lowest BCUT2D eigenvalue weighted by molar-refractivity contribution is -0.113. The quantitative estimate of drug-likeness (QED) is 0.655. The molecule has 0 spiro atoms. The van der Waals surface area contributed by atoms with Gasteiger partial charge in [0.1, 0.15) is 0 Å². The Bertz CT molecular complexity index is 961. The van der Waals surface area contributed by atoms with Crippen LogP contribution in [-0.2, 0) is 11.2 Å². The van der Waals surface area contributed by atoms with E-state index >= 15 is 0 Å². The summed E-state index contributed by atoms with van der Waals surface area (Å²) in [4.78, 5) is 12.3. The predicted octanol–water partition coefficient (Wildman–Crippen LogP) is 5.03. The van der Waals surface area contributed by atoms with Gasteiger partial charge in [-0.3, -0.25) is 4.79 Å². The predicted molar refractivity (Wildman–Crippen MR) is 101 cm³/mol. The average molecular weight is 353 g/mol. The number of halogens is 1. The van der Waals surface area contributed by atoms with E-state index in [2.05, 4.69) is 0 Å². The Morgan fingerprint density at radius 2 is 1.96 bits per heavy atom. The molecule has 0 aromatic heterocycles. The van der Waals surface area contributed by atoms with Crippen molar-refractivity contribution in [2.24, 2.45) is 0 Å². The van der Waals surface area contributed by atoms with Gasteiger partial charge in [0.15, 0.2) is 17.3 Å². The Hall–Kier alpha value is -2.78. The number of hydrogen-bond donors (Lipinski definition) is 1. The van der Waals surface area contributed by atoms with Crippen LogP contribution < -0.4 is 4.74 Å². The standard InChI is InChI=1S/C21H17ClO3/c1-25-21-9-7-14(10-20(21)24)6-8-18(23)13-16-12-17(22)11-15-4-2-3-5-19(15)16/h2-12,24H,13H2,1H3/b8-6+. The molecule has 0 saturated heterocycles. The summed E-state index contributed by atoms with van der Waals surface area (Å²) in [7, 11) is 1.49. The third-order valence-corrected chi connectivity index (χ3v) is 4.16. The van der Waals surface area contributed by atoms with E-state index in [1.807, 2.05) is 36.4 Å². The van der Waals surface area contributed by atoms with E-state index in [0.717, 1.165) is 21.9 Å². The fourth-order valence-corrected chi connectivity index (χ4v) is 2.99. The minimum absolute atomic E-state index is 0.0391. The highest BCUT2D eigenvalue weighted by molar-refractivity contribution is 6.31. The lowest BCUT2D eigenvalue weighted by Gasteiger charge is -2.06. The molecule has 0 atom stereocenters. The van der Waals surface area contributed by atoms with Gasteiger partial charge in [-0.15, -0.1) is 0 Å². The van der Waals surface area contributed by atoms with E-state index in [-0.39, 0.29) is 18.0 Å². The summed E-state index contributed by atoms with van der Waals surface area (Å²) < 4.78 is 5.00. The smallest absolute Gasteiger partial charge is 0.160 e. The lowest BCUT2D eigenvalue weighted by Crippen LogP contribution is -1.99. The monoisotopic (exact) mass is 352 g/mol. The molecule has 0 amide bonds. The summed E-state index contributed by atoms with van der Waals surface area (Å²) in [5.74, 6) is 0.398. The van der Waals surface area contributed by atoms with Gasteiger partial charge in [0.05, 0.1) is 7.11 Å². The summed E-state index contributed by atoms with van der Waals surface area (Å²) in [6, 6.07) is 16.6. The van der Waals surface area contributed by atoms with E-state index in [9.17, 15) is 9.90 Å². The molecule has 0 unspecified atom stereocenters. The van der Waals surface area contributed by atoms with Crippen molar-refractivity contribution >= 4 is 34.2 Å². The number of hydrogen-bond acceptors (Lipinski definition) is 3. The van der Waals surface area contributed by atoms with Gasteiger partial charge in [0, 0.05) is 11.4 Å². The van der Waals surface area contributed by atoms with Crippen molar-refractivity contribution < 1.29 is 14.6 Å². The van der Waals surface area contributed by atoms with Crippen LogP contribution in [0, 0.1) is 0 Å². The average Bonchev–Trinajstić information content (AvgIpc) is 2.60. The topological polar surface area (TPSA) is 46.5 Å².